The molecular weight excluding hydrogens is 312 g/mol. The minimum Gasteiger partial charge on any atom is -0.508 e. The van der Waals surface area contributed by atoms with Crippen LogP contribution < -0.4 is 16.0 Å². The number of anilines is 1. The summed E-state index contributed by atoms with van der Waals surface area (Å²) < 4.78 is 5.55. The number of nitrogens with two attached hydrogens (primary N) is 1. The number of benzene rings is 2. The van der Waals surface area contributed by atoms with Crippen LogP contribution in [0.5, 0.6) is 11.5 Å². The van der Waals surface area contributed by atoms with Crippen molar-refractivity contribution in [3.8, 4) is 11.5 Å². The molecule has 0 aromatic heterocycles. The maximum atomic E-state index is 11.8. The van der Waals surface area contributed by atoms with Crippen LogP contribution in [0.1, 0.15) is 17.5 Å². The number of fused-ring (bicyclic) bond motifs is 1. The third kappa shape index (κ3) is 2.55. The summed E-state index contributed by atoms with van der Waals surface area (Å²) in [6.07, 6.45) is 0.875. The molecule has 0 fully saturated rings. The van der Waals surface area contributed by atoms with E-state index in [0.717, 1.165) is 0 Å². The van der Waals surface area contributed by atoms with Crippen LogP contribution in [-0.2, 0) is 10.4 Å². The molecule has 1 unspecified atom stereocenters. The van der Waals surface area contributed by atoms with Crippen LogP contribution in [0, 0.1) is 0 Å². The molecule has 1 atom stereocenters. The molecule has 1 aliphatic heterocycles. The topological polar surface area (TPSA) is 125 Å². The zero-order valence-electron chi connectivity index (χ0n) is 12.6. The molecule has 6 N–H and O–H groups in total. The number of hydroxylamine groups is 1. The summed E-state index contributed by atoms with van der Waals surface area (Å²) >= 11 is 0. The number of aromatic hydroxyl groups is 1. The lowest BCUT2D eigenvalue weighted by atomic mass is 9.78. The van der Waals surface area contributed by atoms with Crippen molar-refractivity contribution in [2.24, 2.45) is 0 Å². The molecule has 1 amide bonds. The van der Waals surface area contributed by atoms with Gasteiger partial charge < -0.3 is 20.7 Å². The molecule has 1 aliphatic rings. The molecule has 1 heterocycles. The third-order valence-corrected chi connectivity index (χ3v) is 3.94. The summed E-state index contributed by atoms with van der Waals surface area (Å²) in [4.78, 5) is 11.8. The van der Waals surface area contributed by atoms with Gasteiger partial charge in [-0.3, -0.25) is 10.0 Å². The van der Waals surface area contributed by atoms with E-state index in [0.29, 0.717) is 11.3 Å². The van der Waals surface area contributed by atoms with E-state index in [1.165, 1.54) is 23.9 Å². The van der Waals surface area contributed by atoms with E-state index in [1.54, 1.807) is 30.3 Å². The van der Waals surface area contributed by atoms with Crippen molar-refractivity contribution < 1.29 is 25.0 Å². The highest BCUT2D eigenvalue weighted by Crippen LogP contribution is 2.48. The van der Waals surface area contributed by atoms with Gasteiger partial charge in [-0.05, 0) is 29.8 Å². The van der Waals surface area contributed by atoms with Crippen LogP contribution in [0.4, 0.5) is 5.69 Å². The normalized spacial score (nSPS) is 19.0. The summed E-state index contributed by atoms with van der Waals surface area (Å²) in [5, 5.41) is 29.6. The monoisotopic (exact) mass is 328 g/mol. The first kappa shape index (κ1) is 15.9. The molecular formula is C17H16N2O5. The number of hydrogen-bond donors (Lipinski definition) is 5. The second-order valence-corrected chi connectivity index (χ2v) is 5.49. The zero-order valence-corrected chi connectivity index (χ0v) is 12.6. The highest BCUT2D eigenvalue weighted by atomic mass is 16.5. The Morgan fingerprint density at radius 1 is 1.21 bits per heavy atom. The number of phenolic OH excluding ortho intramolecular Hbond substituents is 1. The summed E-state index contributed by atoms with van der Waals surface area (Å²) in [6.45, 7) is 0. The molecule has 0 saturated carbocycles. The van der Waals surface area contributed by atoms with Crippen molar-refractivity contribution in [1.29, 1.82) is 0 Å². The molecule has 2 aromatic rings. The molecule has 0 radical (unpaired) electrons. The van der Waals surface area contributed by atoms with E-state index in [2.05, 4.69) is 0 Å². The number of ether oxygens (including phenoxy) is 1. The van der Waals surface area contributed by atoms with E-state index in [1.807, 2.05) is 0 Å². The van der Waals surface area contributed by atoms with Gasteiger partial charge in [0.1, 0.15) is 17.1 Å². The fraction of sp³-hybridized carbons (Fsp3) is 0.118. The van der Waals surface area contributed by atoms with Crippen LogP contribution in [0.3, 0.4) is 0 Å². The largest absolute Gasteiger partial charge is 0.508 e. The van der Waals surface area contributed by atoms with Gasteiger partial charge in [-0.15, -0.1) is 0 Å². The van der Waals surface area contributed by atoms with Crippen molar-refractivity contribution in [3.63, 3.8) is 0 Å². The number of nitrogen functional groups attached to an aromatic ring is 1. The maximum absolute atomic E-state index is 11.8. The number of carbonyl (C=O) groups is 1. The quantitative estimate of drug-likeness (QED) is 0.330. The highest BCUT2D eigenvalue weighted by molar-refractivity contribution is 5.86. The van der Waals surface area contributed by atoms with E-state index in [-0.39, 0.29) is 22.6 Å². The lowest BCUT2D eigenvalue weighted by molar-refractivity contribution is -0.132. The van der Waals surface area contributed by atoms with Crippen LogP contribution in [-0.4, -0.2) is 21.3 Å². The Bertz CT molecular complexity index is 816. The Labute approximate surface area is 137 Å². The van der Waals surface area contributed by atoms with E-state index < -0.39 is 17.9 Å². The Balaban J connectivity index is 2.18. The van der Waals surface area contributed by atoms with Crippen LogP contribution in [0.15, 0.2) is 48.7 Å². The van der Waals surface area contributed by atoms with E-state index in [9.17, 15) is 15.0 Å². The van der Waals surface area contributed by atoms with Gasteiger partial charge in [0.15, 0.2) is 0 Å². The summed E-state index contributed by atoms with van der Waals surface area (Å²) in [7, 11) is 0. The average Bonchev–Trinajstić information content (AvgIpc) is 2.56. The van der Waals surface area contributed by atoms with Crippen molar-refractivity contribution in [3.05, 3.63) is 59.9 Å². The average molecular weight is 328 g/mol. The fourth-order valence-corrected chi connectivity index (χ4v) is 2.85. The molecule has 124 valence electrons. The van der Waals surface area contributed by atoms with E-state index in [4.69, 9.17) is 15.7 Å². The number of hydrogen-bond acceptors (Lipinski definition) is 6. The van der Waals surface area contributed by atoms with Crippen LogP contribution in [0.25, 0.3) is 5.57 Å². The highest BCUT2D eigenvalue weighted by Gasteiger charge is 2.43. The maximum Gasteiger partial charge on any atom is 0.246 e. The smallest absolute Gasteiger partial charge is 0.246 e. The zero-order chi connectivity index (χ0) is 17.3. The van der Waals surface area contributed by atoms with Gasteiger partial charge in [-0.2, -0.15) is 0 Å². The Kier molecular flexibility index (Phi) is 3.88. The summed E-state index contributed by atoms with van der Waals surface area (Å²) in [5.74, 6) is -0.392. The summed E-state index contributed by atoms with van der Waals surface area (Å²) in [6, 6.07) is 10.9. The second kappa shape index (κ2) is 5.88. The predicted molar refractivity (Wildman–Crippen MR) is 86.0 cm³/mol. The first-order chi connectivity index (χ1) is 11.5. The van der Waals surface area contributed by atoms with Crippen molar-refractivity contribution in [1.82, 2.24) is 5.48 Å². The first-order valence-electron chi connectivity index (χ1n) is 7.16. The molecule has 0 aliphatic carbocycles. The number of carbonyl (C=O) groups excluding carboxylic acids is 1. The Morgan fingerprint density at radius 2 is 1.92 bits per heavy atom. The molecule has 0 bridgehead atoms. The van der Waals surface area contributed by atoms with Crippen molar-refractivity contribution in [2.45, 2.75) is 12.0 Å². The molecule has 2 aromatic carbocycles. The van der Waals surface area contributed by atoms with Gasteiger partial charge in [0.05, 0.1) is 18.2 Å². The van der Waals surface area contributed by atoms with Crippen molar-refractivity contribution in [2.75, 3.05) is 5.73 Å². The number of phenols is 1. The van der Waals surface area contributed by atoms with Gasteiger partial charge in [0.2, 0.25) is 5.91 Å². The first-order valence-corrected chi connectivity index (χ1v) is 7.16. The third-order valence-electron chi connectivity index (χ3n) is 3.94. The van der Waals surface area contributed by atoms with Gasteiger partial charge in [0.25, 0.3) is 0 Å². The number of nitrogens with one attached hydrogen (secondary N) is 1. The standard InChI is InChI=1S/C17H16N2O5/c18-13-2-1-3-14-16(13)17(22,8-15(21)19-23)12(9-24-14)10-4-6-11(20)7-5-10/h1-7,9,20,22-23H,8,18H2,(H,19,21). The van der Waals surface area contributed by atoms with Gasteiger partial charge >= 0.3 is 0 Å². The van der Waals surface area contributed by atoms with Gasteiger partial charge in [-0.25, -0.2) is 5.48 Å². The minimum atomic E-state index is -1.80. The van der Waals surface area contributed by atoms with E-state index >= 15 is 0 Å². The number of aliphatic hydroxyl groups is 1. The molecule has 24 heavy (non-hydrogen) atoms. The van der Waals surface area contributed by atoms with Gasteiger partial charge in [0, 0.05) is 11.3 Å². The second-order valence-electron chi connectivity index (χ2n) is 5.49. The lowest BCUT2D eigenvalue weighted by Gasteiger charge is -2.35. The van der Waals surface area contributed by atoms with Crippen LogP contribution >= 0.6 is 0 Å². The van der Waals surface area contributed by atoms with Crippen LogP contribution in [0.2, 0.25) is 0 Å². The number of rotatable bonds is 3. The molecule has 0 saturated heterocycles. The lowest BCUT2D eigenvalue weighted by Crippen LogP contribution is -2.37. The predicted octanol–water partition coefficient (Wildman–Crippen LogP) is 1.49. The van der Waals surface area contributed by atoms with Gasteiger partial charge in [-0.1, -0.05) is 18.2 Å². The molecule has 0 spiro atoms. The Morgan fingerprint density at radius 3 is 2.58 bits per heavy atom. The fourth-order valence-electron chi connectivity index (χ4n) is 2.85. The SMILES string of the molecule is Nc1cccc2c1C(O)(CC(=O)NO)C(c1ccc(O)cc1)=CO2. The Hall–Kier alpha value is -3.03. The molecule has 3 rings (SSSR count). The molecule has 7 heteroatoms. The summed E-state index contributed by atoms with van der Waals surface area (Å²) in [5.41, 5.74) is 7.04. The number of amides is 1. The minimum absolute atomic E-state index is 0.0626. The molecule has 7 nitrogen and oxygen atoms in total. The van der Waals surface area contributed by atoms with Crippen molar-refractivity contribution >= 4 is 17.2 Å².